The van der Waals surface area contributed by atoms with E-state index in [1.807, 2.05) is 0 Å². The maximum absolute atomic E-state index is 12.6. The van der Waals surface area contributed by atoms with Crippen LogP contribution in [0.4, 0.5) is 0 Å². The second-order valence-corrected chi connectivity index (χ2v) is 13.8. The van der Waals surface area contributed by atoms with Crippen molar-refractivity contribution in [3.05, 3.63) is 0 Å². The summed E-state index contributed by atoms with van der Waals surface area (Å²) in [4.78, 5) is 24.8. The van der Waals surface area contributed by atoms with Crippen LogP contribution in [0.2, 0.25) is 19.6 Å². The van der Waals surface area contributed by atoms with Gasteiger partial charge in [0.2, 0.25) is 0 Å². The lowest BCUT2D eigenvalue weighted by atomic mass is 9.65. The van der Waals surface area contributed by atoms with Crippen LogP contribution < -0.4 is 0 Å². The van der Waals surface area contributed by atoms with E-state index in [1.54, 1.807) is 0 Å². The smallest absolute Gasteiger partial charge is 0.309 e. The number of rotatable bonds is 6. The first kappa shape index (κ1) is 19.6. The van der Waals surface area contributed by atoms with E-state index in [0.717, 1.165) is 25.7 Å². The summed E-state index contributed by atoms with van der Waals surface area (Å²) in [6.45, 7) is 13.1. The summed E-state index contributed by atoms with van der Waals surface area (Å²) in [5.41, 5.74) is -0.454. The highest BCUT2D eigenvalue weighted by atomic mass is 28.4. The Morgan fingerprint density at radius 3 is 2.58 bits per heavy atom. The molecule has 0 aliphatic heterocycles. The van der Waals surface area contributed by atoms with E-state index < -0.39 is 8.32 Å². The van der Waals surface area contributed by atoms with Gasteiger partial charge in [-0.2, -0.15) is 0 Å². The van der Waals surface area contributed by atoms with E-state index in [1.165, 1.54) is 0 Å². The van der Waals surface area contributed by atoms with Gasteiger partial charge in [0.05, 0.1) is 18.1 Å². The number of hydrogen-bond acceptors (Lipinski definition) is 4. The van der Waals surface area contributed by atoms with Gasteiger partial charge in [0.15, 0.2) is 8.32 Å². The fourth-order valence-corrected chi connectivity index (χ4v) is 6.46. The van der Waals surface area contributed by atoms with Gasteiger partial charge >= 0.3 is 5.97 Å². The van der Waals surface area contributed by atoms with Crippen molar-refractivity contribution in [3.63, 3.8) is 0 Å². The number of esters is 1. The van der Waals surface area contributed by atoms with Crippen molar-refractivity contribution in [2.75, 3.05) is 6.61 Å². The fourth-order valence-electron chi connectivity index (χ4n) is 4.70. The van der Waals surface area contributed by atoms with Crippen molar-refractivity contribution in [1.82, 2.24) is 0 Å². The zero-order valence-corrected chi connectivity index (χ0v) is 17.2. The average molecular weight is 355 g/mol. The van der Waals surface area contributed by atoms with Crippen LogP contribution in [0, 0.1) is 17.3 Å². The van der Waals surface area contributed by atoms with E-state index in [4.69, 9.17) is 9.16 Å². The van der Waals surface area contributed by atoms with Gasteiger partial charge in [-0.05, 0) is 64.6 Å². The highest BCUT2D eigenvalue weighted by Crippen LogP contribution is 2.54. The van der Waals surface area contributed by atoms with Crippen molar-refractivity contribution in [2.24, 2.45) is 17.3 Å². The van der Waals surface area contributed by atoms with Gasteiger partial charge in [0, 0.05) is 18.8 Å². The van der Waals surface area contributed by atoms with E-state index in [-0.39, 0.29) is 28.8 Å². The summed E-state index contributed by atoms with van der Waals surface area (Å²) in [7, 11) is -1.62. The SMILES string of the molecule is CC(C)(CCOC(=O)[C@H]1CC[C@H]2C(=O)CCC[C@]12C)O[Si](C)(C)C. The molecule has 2 saturated carbocycles. The molecule has 0 amide bonds. The van der Waals surface area contributed by atoms with Crippen LogP contribution in [0.1, 0.15) is 59.3 Å². The summed E-state index contributed by atoms with van der Waals surface area (Å²) in [6.07, 6.45) is 4.90. The van der Waals surface area contributed by atoms with Crippen LogP contribution in [-0.2, 0) is 18.8 Å². The molecule has 0 aromatic rings. The molecule has 0 bridgehead atoms. The first-order valence-corrected chi connectivity index (χ1v) is 12.7. The molecule has 3 atom stereocenters. The van der Waals surface area contributed by atoms with Gasteiger partial charge in [-0.15, -0.1) is 0 Å². The fraction of sp³-hybridized carbons (Fsp3) is 0.895. The number of carbonyl (C=O) groups excluding carboxylic acids is 2. The molecule has 4 nitrogen and oxygen atoms in total. The number of carbonyl (C=O) groups is 2. The molecule has 0 aromatic heterocycles. The predicted octanol–water partition coefficient (Wildman–Crippen LogP) is 4.34. The number of ketones is 1. The normalized spacial score (nSPS) is 31.0. The van der Waals surface area contributed by atoms with Crippen LogP contribution >= 0.6 is 0 Å². The maximum Gasteiger partial charge on any atom is 0.309 e. The van der Waals surface area contributed by atoms with Gasteiger partial charge in [0.1, 0.15) is 5.78 Å². The largest absolute Gasteiger partial charge is 0.465 e. The van der Waals surface area contributed by atoms with Crippen LogP contribution in [-0.4, -0.2) is 32.3 Å². The van der Waals surface area contributed by atoms with Gasteiger partial charge in [-0.3, -0.25) is 9.59 Å². The Bertz CT molecular complexity index is 494. The Kier molecular flexibility index (Phi) is 5.65. The van der Waals surface area contributed by atoms with Crippen LogP contribution in [0.15, 0.2) is 0 Å². The quantitative estimate of drug-likeness (QED) is 0.526. The third-order valence-electron chi connectivity index (χ3n) is 5.68. The van der Waals surface area contributed by atoms with Crippen molar-refractivity contribution in [2.45, 2.75) is 84.5 Å². The standard InChI is InChI=1S/C19H34O4Si/c1-18(2,23-24(4,5)6)12-13-22-17(21)15-10-9-14-16(20)8-7-11-19(14,15)3/h14-15H,7-13H2,1-6H3/t14-,15+,19-/m0/s1. The van der Waals surface area contributed by atoms with Gasteiger partial charge < -0.3 is 9.16 Å². The lowest BCUT2D eigenvalue weighted by Crippen LogP contribution is -2.41. The monoisotopic (exact) mass is 354 g/mol. The first-order chi connectivity index (χ1) is 10.9. The van der Waals surface area contributed by atoms with Crippen molar-refractivity contribution in [1.29, 1.82) is 0 Å². The molecule has 0 N–H and O–H groups in total. The zero-order chi connectivity index (χ0) is 18.2. The minimum absolute atomic E-state index is 0.0652. The molecule has 138 valence electrons. The molecule has 0 saturated heterocycles. The second-order valence-electron chi connectivity index (χ2n) is 9.40. The zero-order valence-electron chi connectivity index (χ0n) is 16.2. The Morgan fingerprint density at radius 2 is 1.96 bits per heavy atom. The summed E-state index contributed by atoms with van der Waals surface area (Å²) < 4.78 is 11.8. The molecule has 0 spiro atoms. The molecule has 2 fully saturated rings. The Morgan fingerprint density at radius 1 is 1.29 bits per heavy atom. The van der Waals surface area contributed by atoms with Crippen LogP contribution in [0.3, 0.4) is 0 Å². The van der Waals surface area contributed by atoms with E-state index >= 15 is 0 Å². The molecular formula is C19H34O4Si. The minimum Gasteiger partial charge on any atom is -0.465 e. The third kappa shape index (κ3) is 4.48. The van der Waals surface area contributed by atoms with Gasteiger partial charge in [-0.25, -0.2) is 0 Å². The number of fused-ring (bicyclic) bond motifs is 1. The summed E-state index contributed by atoms with van der Waals surface area (Å²) in [5.74, 6) is 0.186. The van der Waals surface area contributed by atoms with Gasteiger partial charge in [-0.1, -0.05) is 6.92 Å². The minimum atomic E-state index is -1.62. The van der Waals surface area contributed by atoms with Crippen molar-refractivity contribution < 1.29 is 18.8 Å². The molecule has 2 aliphatic rings. The van der Waals surface area contributed by atoms with Crippen molar-refractivity contribution >= 4 is 20.1 Å². The van der Waals surface area contributed by atoms with Crippen molar-refractivity contribution in [3.8, 4) is 0 Å². The average Bonchev–Trinajstić information content (AvgIpc) is 2.74. The first-order valence-electron chi connectivity index (χ1n) is 9.34. The number of ether oxygens (including phenoxy) is 1. The number of hydrogen-bond donors (Lipinski definition) is 0. The lowest BCUT2D eigenvalue weighted by molar-refractivity contribution is -0.155. The molecule has 0 aromatic carbocycles. The molecule has 2 rings (SSSR count). The summed E-state index contributed by atoms with van der Waals surface area (Å²) >= 11 is 0. The molecule has 2 aliphatic carbocycles. The third-order valence-corrected chi connectivity index (χ3v) is 6.84. The Balaban J connectivity index is 1.88. The van der Waals surface area contributed by atoms with Crippen LogP contribution in [0.5, 0.6) is 0 Å². The van der Waals surface area contributed by atoms with E-state index in [2.05, 4.69) is 40.4 Å². The van der Waals surface area contributed by atoms with E-state index in [0.29, 0.717) is 25.2 Å². The second kappa shape index (κ2) is 6.91. The van der Waals surface area contributed by atoms with E-state index in [9.17, 15) is 9.59 Å². The topological polar surface area (TPSA) is 52.6 Å². The number of Topliss-reactive ketones (excluding diaryl/α,β-unsaturated/α-hetero) is 1. The highest BCUT2D eigenvalue weighted by molar-refractivity contribution is 6.69. The predicted molar refractivity (Wildman–Crippen MR) is 97.3 cm³/mol. The molecule has 24 heavy (non-hydrogen) atoms. The maximum atomic E-state index is 12.6. The molecule has 5 heteroatoms. The molecule has 0 radical (unpaired) electrons. The lowest BCUT2D eigenvalue weighted by Gasteiger charge is -2.38. The molecular weight excluding hydrogens is 320 g/mol. The summed E-state index contributed by atoms with van der Waals surface area (Å²) in [6, 6.07) is 0. The molecule has 0 heterocycles. The Labute approximate surface area is 147 Å². The highest BCUT2D eigenvalue weighted by Gasteiger charge is 2.54. The Hall–Kier alpha value is -0.683. The molecule has 0 unspecified atom stereocenters. The van der Waals surface area contributed by atoms with Crippen LogP contribution in [0.25, 0.3) is 0 Å². The van der Waals surface area contributed by atoms with Gasteiger partial charge in [0.25, 0.3) is 0 Å². The summed E-state index contributed by atoms with van der Waals surface area (Å²) in [5, 5.41) is 0.